The standard InChI is InChI=1S/C23H29N3O2/c1-17(21-5-3-2-4-6-21)26(15-18-7-8-18)23(27)25-14-20-11-12-22(24-13-20)28-16-19-9-10-19/h2-6,11-13,17-19H,7-10,14-16H2,1H3,(H,25,27). The molecule has 0 radical (unpaired) electrons. The SMILES string of the molecule is CC(c1ccccc1)N(CC1CC1)C(=O)NCc1ccc(OCC2CC2)nc1. The smallest absolute Gasteiger partial charge is 0.318 e. The van der Waals surface area contributed by atoms with E-state index < -0.39 is 0 Å². The highest BCUT2D eigenvalue weighted by Gasteiger charge is 2.30. The third kappa shape index (κ3) is 5.24. The number of hydrogen-bond donors (Lipinski definition) is 1. The topological polar surface area (TPSA) is 54.5 Å². The molecule has 4 rings (SSSR count). The van der Waals surface area contributed by atoms with E-state index in [0.29, 0.717) is 24.3 Å². The Morgan fingerprint density at radius 1 is 1.14 bits per heavy atom. The number of amides is 2. The van der Waals surface area contributed by atoms with E-state index >= 15 is 0 Å². The molecule has 28 heavy (non-hydrogen) atoms. The van der Waals surface area contributed by atoms with Gasteiger partial charge in [-0.05, 0) is 55.6 Å². The van der Waals surface area contributed by atoms with E-state index in [0.717, 1.165) is 24.3 Å². The minimum atomic E-state index is -0.0164. The minimum absolute atomic E-state index is 0.0164. The zero-order valence-electron chi connectivity index (χ0n) is 16.5. The molecule has 1 atom stereocenters. The van der Waals surface area contributed by atoms with Crippen molar-refractivity contribution in [3.8, 4) is 5.88 Å². The number of ether oxygens (including phenoxy) is 1. The summed E-state index contributed by atoms with van der Waals surface area (Å²) in [5.74, 6) is 2.02. The number of benzene rings is 1. The number of nitrogens with one attached hydrogen (secondary N) is 1. The lowest BCUT2D eigenvalue weighted by Crippen LogP contribution is -2.42. The van der Waals surface area contributed by atoms with Gasteiger partial charge in [0, 0.05) is 25.4 Å². The second-order valence-electron chi connectivity index (χ2n) is 8.10. The number of urea groups is 1. The monoisotopic (exact) mass is 379 g/mol. The van der Waals surface area contributed by atoms with Crippen molar-refractivity contribution >= 4 is 6.03 Å². The maximum Gasteiger partial charge on any atom is 0.318 e. The first-order valence-electron chi connectivity index (χ1n) is 10.4. The normalized spacial score (nSPS) is 17.0. The predicted octanol–water partition coefficient (Wildman–Crippen LogP) is 4.55. The molecule has 2 saturated carbocycles. The van der Waals surface area contributed by atoms with Crippen LogP contribution in [0.4, 0.5) is 4.79 Å². The third-order valence-corrected chi connectivity index (χ3v) is 5.57. The predicted molar refractivity (Wildman–Crippen MR) is 109 cm³/mol. The van der Waals surface area contributed by atoms with Crippen molar-refractivity contribution in [3.63, 3.8) is 0 Å². The van der Waals surface area contributed by atoms with Crippen LogP contribution in [0.5, 0.6) is 5.88 Å². The van der Waals surface area contributed by atoms with E-state index in [1.165, 1.54) is 25.7 Å². The maximum absolute atomic E-state index is 12.9. The Morgan fingerprint density at radius 3 is 2.54 bits per heavy atom. The molecule has 5 nitrogen and oxygen atoms in total. The maximum atomic E-state index is 12.9. The number of pyridine rings is 1. The second kappa shape index (κ2) is 8.63. The van der Waals surface area contributed by atoms with Gasteiger partial charge >= 0.3 is 6.03 Å². The lowest BCUT2D eigenvalue weighted by Gasteiger charge is -2.30. The van der Waals surface area contributed by atoms with Gasteiger partial charge in [-0.2, -0.15) is 0 Å². The van der Waals surface area contributed by atoms with Crippen molar-refractivity contribution in [2.45, 2.75) is 45.2 Å². The van der Waals surface area contributed by atoms with Gasteiger partial charge in [0.25, 0.3) is 0 Å². The van der Waals surface area contributed by atoms with E-state index in [-0.39, 0.29) is 12.1 Å². The molecule has 1 aromatic heterocycles. The van der Waals surface area contributed by atoms with Crippen LogP contribution in [-0.2, 0) is 6.54 Å². The summed E-state index contributed by atoms with van der Waals surface area (Å²) >= 11 is 0. The molecule has 5 heteroatoms. The number of hydrogen-bond acceptors (Lipinski definition) is 3. The Labute approximate surface area is 167 Å². The van der Waals surface area contributed by atoms with Crippen molar-refractivity contribution in [1.29, 1.82) is 0 Å². The van der Waals surface area contributed by atoms with Crippen molar-refractivity contribution in [1.82, 2.24) is 15.2 Å². The highest BCUT2D eigenvalue weighted by molar-refractivity contribution is 5.74. The molecular weight excluding hydrogens is 350 g/mol. The largest absolute Gasteiger partial charge is 0.477 e. The number of carbonyl (C=O) groups excluding carboxylic acids is 1. The first-order valence-corrected chi connectivity index (χ1v) is 10.4. The third-order valence-electron chi connectivity index (χ3n) is 5.57. The molecule has 1 heterocycles. The lowest BCUT2D eigenvalue weighted by atomic mass is 10.1. The Morgan fingerprint density at radius 2 is 1.89 bits per heavy atom. The van der Waals surface area contributed by atoms with Gasteiger partial charge in [0.1, 0.15) is 0 Å². The van der Waals surface area contributed by atoms with Gasteiger partial charge in [-0.15, -0.1) is 0 Å². The van der Waals surface area contributed by atoms with E-state index in [4.69, 9.17) is 4.74 Å². The summed E-state index contributed by atoms with van der Waals surface area (Å²) in [6, 6.07) is 14.1. The molecule has 148 valence electrons. The molecule has 1 unspecified atom stereocenters. The number of carbonyl (C=O) groups is 1. The summed E-state index contributed by atoms with van der Waals surface area (Å²) in [5, 5.41) is 3.07. The van der Waals surface area contributed by atoms with Gasteiger partial charge < -0.3 is 15.0 Å². The number of nitrogens with zero attached hydrogens (tertiary/aromatic N) is 2. The average molecular weight is 380 g/mol. The summed E-state index contributed by atoms with van der Waals surface area (Å²) in [5.41, 5.74) is 2.14. The highest BCUT2D eigenvalue weighted by Crippen LogP contribution is 2.33. The van der Waals surface area contributed by atoms with Crippen molar-refractivity contribution in [2.24, 2.45) is 11.8 Å². The summed E-state index contributed by atoms with van der Waals surface area (Å²) in [7, 11) is 0. The molecule has 2 aliphatic rings. The van der Waals surface area contributed by atoms with Crippen molar-refractivity contribution < 1.29 is 9.53 Å². The fourth-order valence-electron chi connectivity index (χ4n) is 3.27. The van der Waals surface area contributed by atoms with Crippen molar-refractivity contribution in [2.75, 3.05) is 13.2 Å². The molecule has 0 aliphatic heterocycles. The van der Waals surface area contributed by atoms with E-state index in [2.05, 4.69) is 29.4 Å². The van der Waals surface area contributed by atoms with Crippen LogP contribution in [0.3, 0.4) is 0 Å². The first kappa shape index (κ1) is 18.8. The highest BCUT2D eigenvalue weighted by atomic mass is 16.5. The first-order chi connectivity index (χ1) is 13.7. The summed E-state index contributed by atoms with van der Waals surface area (Å²) < 4.78 is 5.67. The molecular formula is C23H29N3O2. The van der Waals surface area contributed by atoms with E-state index in [1.807, 2.05) is 35.2 Å². The zero-order chi connectivity index (χ0) is 19.3. The summed E-state index contributed by atoms with van der Waals surface area (Å²) in [6.45, 7) is 4.15. The zero-order valence-corrected chi connectivity index (χ0v) is 16.5. The Bertz CT molecular complexity index is 770. The molecule has 2 fully saturated rings. The van der Waals surface area contributed by atoms with Crippen molar-refractivity contribution in [3.05, 3.63) is 59.8 Å². The molecule has 1 N–H and O–H groups in total. The Hall–Kier alpha value is -2.56. The number of aromatic nitrogens is 1. The molecule has 2 aromatic rings. The summed E-state index contributed by atoms with van der Waals surface area (Å²) in [6.07, 6.45) is 6.76. The van der Waals surface area contributed by atoms with Gasteiger partial charge in [0.2, 0.25) is 5.88 Å². The molecule has 2 amide bonds. The van der Waals surface area contributed by atoms with Crippen LogP contribution in [0.2, 0.25) is 0 Å². The van der Waals surface area contributed by atoms with Gasteiger partial charge in [0.05, 0.1) is 12.6 Å². The molecule has 1 aromatic carbocycles. The van der Waals surface area contributed by atoms with Crippen LogP contribution in [0.15, 0.2) is 48.7 Å². The number of rotatable bonds is 9. The minimum Gasteiger partial charge on any atom is -0.477 e. The van der Waals surface area contributed by atoms with E-state index in [9.17, 15) is 4.79 Å². The van der Waals surface area contributed by atoms with Crippen LogP contribution in [0.25, 0.3) is 0 Å². The van der Waals surface area contributed by atoms with Crippen LogP contribution >= 0.6 is 0 Å². The quantitative estimate of drug-likeness (QED) is 0.695. The van der Waals surface area contributed by atoms with Crippen LogP contribution < -0.4 is 10.1 Å². The fraction of sp³-hybridized carbons (Fsp3) is 0.478. The Balaban J connectivity index is 1.33. The van der Waals surface area contributed by atoms with Crippen LogP contribution in [0.1, 0.15) is 49.8 Å². The lowest BCUT2D eigenvalue weighted by molar-refractivity contribution is 0.175. The van der Waals surface area contributed by atoms with Gasteiger partial charge in [0.15, 0.2) is 0 Å². The molecule has 0 bridgehead atoms. The van der Waals surface area contributed by atoms with Gasteiger partial charge in [-0.25, -0.2) is 9.78 Å². The molecule has 0 spiro atoms. The Kier molecular flexibility index (Phi) is 5.79. The second-order valence-corrected chi connectivity index (χ2v) is 8.10. The van der Waals surface area contributed by atoms with Gasteiger partial charge in [-0.1, -0.05) is 36.4 Å². The van der Waals surface area contributed by atoms with E-state index in [1.54, 1.807) is 6.20 Å². The van der Waals surface area contributed by atoms with Gasteiger partial charge in [-0.3, -0.25) is 0 Å². The average Bonchev–Trinajstić information content (AvgIpc) is 3.65. The summed E-state index contributed by atoms with van der Waals surface area (Å²) in [4.78, 5) is 19.2. The fourth-order valence-corrected chi connectivity index (χ4v) is 3.27. The molecule has 0 saturated heterocycles. The van der Waals surface area contributed by atoms with Crippen LogP contribution in [0, 0.1) is 11.8 Å². The molecule has 2 aliphatic carbocycles. The van der Waals surface area contributed by atoms with Crippen LogP contribution in [-0.4, -0.2) is 29.1 Å².